The Morgan fingerprint density at radius 1 is 1.10 bits per heavy atom. The van der Waals surface area contributed by atoms with Gasteiger partial charge in [0.1, 0.15) is 17.2 Å². The quantitative estimate of drug-likeness (QED) is 0.339. The van der Waals surface area contributed by atoms with Crippen molar-refractivity contribution in [3.8, 4) is 0 Å². The summed E-state index contributed by atoms with van der Waals surface area (Å²) in [6.07, 6.45) is 11.1. The van der Waals surface area contributed by atoms with E-state index in [0.29, 0.717) is 12.1 Å². The minimum Gasteiger partial charge on any atom is -0.368 e. The molecule has 0 amide bonds. The second-order valence-corrected chi connectivity index (χ2v) is 12.0. The molecular formula is C33H50FN5O. The minimum atomic E-state index is -0.166. The van der Waals surface area contributed by atoms with Crippen molar-refractivity contribution in [1.29, 1.82) is 0 Å². The molecule has 0 radical (unpaired) electrons. The summed E-state index contributed by atoms with van der Waals surface area (Å²) in [6.45, 7) is 19.8. The standard InChI is InChI=1S/C18H29N3.C10H11FN2.C5H10O/c1-5-6-15-13(2)20-16(14-7-8-14)11-17(15)21-10-9-19-18(3,4)12-21;1-3-8-6-13-5-7(2)12-10(13)4-9(8)11;1-3-4-5(2)6/h11,14,19H,5-10,12H2,1-4H3;4-6H,3H2,1-2H3;3-4H2,1-2H3. The highest BCUT2D eigenvalue weighted by atomic mass is 19.1. The highest BCUT2D eigenvalue weighted by Gasteiger charge is 2.30. The van der Waals surface area contributed by atoms with E-state index in [1.54, 1.807) is 13.1 Å². The van der Waals surface area contributed by atoms with Crippen LogP contribution in [0.15, 0.2) is 24.5 Å². The number of piperazine rings is 1. The van der Waals surface area contributed by atoms with Crippen molar-refractivity contribution in [3.05, 3.63) is 58.6 Å². The first-order chi connectivity index (χ1) is 19.0. The van der Waals surface area contributed by atoms with Crippen LogP contribution in [0.3, 0.4) is 0 Å². The van der Waals surface area contributed by atoms with Gasteiger partial charge in [0, 0.05) is 78.6 Å². The number of nitrogens with zero attached hydrogens (tertiary/aromatic N) is 4. The van der Waals surface area contributed by atoms with Crippen molar-refractivity contribution < 1.29 is 9.18 Å². The van der Waals surface area contributed by atoms with Crippen molar-refractivity contribution in [2.45, 2.75) is 112 Å². The molecule has 7 heteroatoms. The number of nitrogens with one attached hydrogen (secondary N) is 1. The topological polar surface area (TPSA) is 62.5 Å². The van der Waals surface area contributed by atoms with E-state index in [-0.39, 0.29) is 17.1 Å². The summed E-state index contributed by atoms with van der Waals surface area (Å²) in [7, 11) is 0. The third-order valence-electron chi connectivity index (χ3n) is 7.46. The van der Waals surface area contributed by atoms with Crippen molar-refractivity contribution in [1.82, 2.24) is 19.7 Å². The molecule has 1 saturated carbocycles. The third kappa shape index (κ3) is 8.85. The molecule has 1 saturated heterocycles. The van der Waals surface area contributed by atoms with Gasteiger partial charge in [0.25, 0.3) is 0 Å². The molecule has 3 aromatic rings. The van der Waals surface area contributed by atoms with Gasteiger partial charge in [-0.2, -0.15) is 0 Å². The van der Waals surface area contributed by atoms with Crippen LogP contribution in [0.5, 0.6) is 0 Å². The van der Waals surface area contributed by atoms with E-state index in [9.17, 15) is 9.18 Å². The van der Waals surface area contributed by atoms with Gasteiger partial charge in [-0.15, -0.1) is 0 Å². The van der Waals surface area contributed by atoms with Gasteiger partial charge in [-0.25, -0.2) is 9.37 Å². The number of hydrogen-bond donors (Lipinski definition) is 1. The molecule has 3 aromatic heterocycles. The number of aromatic nitrogens is 3. The Bertz CT molecular complexity index is 1280. The fraction of sp³-hybridized carbons (Fsp3) is 0.606. The average molecular weight is 552 g/mol. The van der Waals surface area contributed by atoms with Crippen LogP contribution in [0.25, 0.3) is 5.65 Å². The van der Waals surface area contributed by atoms with Gasteiger partial charge in [0.2, 0.25) is 0 Å². The normalized spacial score (nSPS) is 16.2. The van der Waals surface area contributed by atoms with Gasteiger partial charge in [-0.05, 0) is 78.4 Å². The molecule has 0 bridgehead atoms. The number of aryl methyl sites for hydroxylation is 3. The molecule has 1 aliphatic heterocycles. The fourth-order valence-corrected chi connectivity index (χ4v) is 5.28. The van der Waals surface area contributed by atoms with Crippen LogP contribution in [0.1, 0.15) is 108 Å². The zero-order valence-electron chi connectivity index (χ0n) is 26.0. The highest BCUT2D eigenvalue weighted by molar-refractivity contribution is 5.75. The number of rotatable bonds is 7. The number of hydrogen-bond acceptors (Lipinski definition) is 5. The van der Waals surface area contributed by atoms with E-state index in [0.717, 1.165) is 56.1 Å². The van der Waals surface area contributed by atoms with Crippen molar-refractivity contribution in [2.75, 3.05) is 24.5 Å². The smallest absolute Gasteiger partial charge is 0.139 e. The summed E-state index contributed by atoms with van der Waals surface area (Å²) in [5.41, 5.74) is 8.02. The summed E-state index contributed by atoms with van der Waals surface area (Å²) in [5, 5.41) is 3.62. The van der Waals surface area contributed by atoms with E-state index in [4.69, 9.17) is 4.98 Å². The number of fused-ring (bicyclic) bond motifs is 1. The zero-order chi connectivity index (χ0) is 29.4. The average Bonchev–Trinajstić information content (AvgIpc) is 3.66. The van der Waals surface area contributed by atoms with E-state index >= 15 is 0 Å². The number of pyridine rings is 2. The van der Waals surface area contributed by atoms with Crippen LogP contribution < -0.4 is 10.2 Å². The number of carbonyl (C=O) groups is 1. The van der Waals surface area contributed by atoms with Crippen molar-refractivity contribution >= 4 is 17.1 Å². The van der Waals surface area contributed by atoms with Gasteiger partial charge in [0.05, 0.1) is 5.69 Å². The van der Waals surface area contributed by atoms with Gasteiger partial charge >= 0.3 is 0 Å². The molecule has 6 nitrogen and oxygen atoms in total. The van der Waals surface area contributed by atoms with E-state index < -0.39 is 0 Å². The summed E-state index contributed by atoms with van der Waals surface area (Å²) < 4.78 is 15.1. The SMILES string of the molecule is CCCC(C)=O.CCCc1c(N2CCNC(C)(C)C2)cc(C2CC2)nc1C.CCc1cn2cc(C)nc2cc1F. The number of Topliss-reactive ketones (excluding diaryl/α,β-unsaturated/α-hetero) is 1. The van der Waals surface area contributed by atoms with Gasteiger partial charge in [-0.1, -0.05) is 27.2 Å². The predicted octanol–water partition coefficient (Wildman–Crippen LogP) is 7.13. The Kier molecular flexibility index (Phi) is 11.3. The van der Waals surface area contributed by atoms with Crippen LogP contribution in [0.4, 0.5) is 10.1 Å². The molecule has 5 rings (SSSR count). The number of halogens is 1. The first-order valence-corrected chi connectivity index (χ1v) is 15.1. The Hall–Kier alpha value is -2.80. The maximum atomic E-state index is 13.3. The lowest BCUT2D eigenvalue weighted by Gasteiger charge is -2.41. The molecule has 0 spiro atoms. The van der Waals surface area contributed by atoms with Crippen molar-refractivity contribution in [2.24, 2.45) is 0 Å². The maximum absolute atomic E-state index is 13.3. The minimum absolute atomic E-state index is 0.166. The van der Waals surface area contributed by atoms with Crippen LogP contribution in [-0.2, 0) is 17.6 Å². The van der Waals surface area contributed by atoms with Crippen LogP contribution in [0.2, 0.25) is 0 Å². The summed E-state index contributed by atoms with van der Waals surface area (Å²) in [5.74, 6) is 0.854. The fourth-order valence-electron chi connectivity index (χ4n) is 5.28. The van der Waals surface area contributed by atoms with Gasteiger partial charge in [0.15, 0.2) is 0 Å². The van der Waals surface area contributed by atoms with Gasteiger partial charge < -0.3 is 19.4 Å². The molecular weight excluding hydrogens is 501 g/mol. The first kappa shape index (κ1) is 31.7. The molecule has 0 aromatic carbocycles. The Labute approximate surface area is 240 Å². The monoisotopic (exact) mass is 551 g/mol. The molecule has 4 heterocycles. The molecule has 0 unspecified atom stereocenters. The molecule has 1 N–H and O–H groups in total. The summed E-state index contributed by atoms with van der Waals surface area (Å²) in [6, 6.07) is 3.88. The Morgan fingerprint density at radius 2 is 1.82 bits per heavy atom. The molecule has 2 aliphatic rings. The molecule has 2 fully saturated rings. The van der Waals surface area contributed by atoms with E-state index in [2.05, 4.69) is 49.0 Å². The second-order valence-electron chi connectivity index (χ2n) is 12.0. The lowest BCUT2D eigenvalue weighted by molar-refractivity contribution is -0.117. The van der Waals surface area contributed by atoms with Gasteiger partial charge in [-0.3, -0.25) is 4.98 Å². The molecule has 220 valence electrons. The Morgan fingerprint density at radius 3 is 2.38 bits per heavy atom. The largest absolute Gasteiger partial charge is 0.368 e. The van der Waals surface area contributed by atoms with Crippen molar-refractivity contribution in [3.63, 3.8) is 0 Å². The van der Waals surface area contributed by atoms with Crippen LogP contribution in [-0.4, -0.2) is 45.3 Å². The predicted molar refractivity (Wildman–Crippen MR) is 164 cm³/mol. The maximum Gasteiger partial charge on any atom is 0.139 e. The first-order valence-electron chi connectivity index (χ1n) is 15.1. The number of imidazole rings is 1. The summed E-state index contributed by atoms with van der Waals surface area (Å²) >= 11 is 0. The lowest BCUT2D eigenvalue weighted by Crippen LogP contribution is -2.57. The Balaban J connectivity index is 0.000000197. The number of anilines is 1. The molecule has 1 aliphatic carbocycles. The number of ketones is 1. The van der Waals surface area contributed by atoms with E-state index in [1.807, 2.05) is 31.4 Å². The third-order valence-corrected chi connectivity index (χ3v) is 7.46. The molecule has 0 atom stereocenters. The van der Waals surface area contributed by atoms with Crippen LogP contribution in [0, 0.1) is 19.7 Å². The summed E-state index contributed by atoms with van der Waals surface area (Å²) in [4.78, 5) is 21.7. The lowest BCUT2D eigenvalue weighted by atomic mass is 9.98. The van der Waals surface area contributed by atoms with Crippen LogP contribution >= 0.6 is 0 Å². The van der Waals surface area contributed by atoms with E-state index in [1.165, 1.54) is 48.0 Å². The zero-order valence-corrected chi connectivity index (χ0v) is 26.0. The second kappa shape index (κ2) is 14.2. The highest BCUT2D eigenvalue weighted by Crippen LogP contribution is 2.41. The number of carbonyl (C=O) groups excluding carboxylic acids is 1. The molecule has 40 heavy (non-hydrogen) atoms.